The number of aliphatic hydroxyl groups excluding tert-OH is 1. The van der Waals surface area contributed by atoms with Gasteiger partial charge in [0, 0.05) is 6.10 Å². The quantitative estimate of drug-likeness (QED) is 0.416. The van der Waals surface area contributed by atoms with Crippen molar-refractivity contribution < 1.29 is 5.11 Å². The van der Waals surface area contributed by atoms with E-state index >= 15 is 0 Å². The van der Waals surface area contributed by atoms with Crippen LogP contribution in [0.3, 0.4) is 0 Å². The fraction of sp³-hybridized carbons (Fsp3) is 1.00. The molecule has 0 aliphatic rings. The number of hydrogen-bond acceptors (Lipinski definition) is 1. The third-order valence-corrected chi connectivity index (χ3v) is 0. The molecule has 0 aliphatic heterocycles. The van der Waals surface area contributed by atoms with Crippen LogP contribution in [0, 0.1) is 0 Å². The van der Waals surface area contributed by atoms with Gasteiger partial charge in [-0.25, -0.2) is 0 Å². The molecular formula is C3H9KO. The predicted molar refractivity (Wildman–Crippen MR) is 24.5 cm³/mol. The Morgan fingerprint density at radius 1 is 1.40 bits per heavy atom. The predicted octanol–water partition coefficient (Wildman–Crippen LogP) is -0.261. The second-order valence-corrected chi connectivity index (χ2v) is 1.09. The first kappa shape index (κ1) is 9.78. The van der Waals surface area contributed by atoms with Gasteiger partial charge < -0.3 is 5.11 Å². The van der Waals surface area contributed by atoms with Crippen LogP contribution in [0.1, 0.15) is 13.8 Å². The standard InChI is InChI=1S/C3H8O.K.H/c1-3(2)4;;/h3-4H,1-2H3;;. The Hall–Kier alpha value is 1.60. The van der Waals surface area contributed by atoms with Gasteiger partial charge in [-0.3, -0.25) is 0 Å². The van der Waals surface area contributed by atoms with Crippen molar-refractivity contribution in [3.05, 3.63) is 0 Å². The molecule has 0 rings (SSSR count). The topological polar surface area (TPSA) is 20.2 Å². The molecule has 0 atom stereocenters. The van der Waals surface area contributed by atoms with Crippen molar-refractivity contribution in [3.63, 3.8) is 0 Å². The summed E-state index contributed by atoms with van der Waals surface area (Å²) in [5, 5.41) is 8.06. The maximum atomic E-state index is 8.06. The van der Waals surface area contributed by atoms with Crippen molar-refractivity contribution in [2.75, 3.05) is 0 Å². The van der Waals surface area contributed by atoms with Crippen molar-refractivity contribution in [2.24, 2.45) is 0 Å². The average Bonchev–Trinajstić information content (AvgIpc) is 0.811. The van der Waals surface area contributed by atoms with Crippen LogP contribution in [0.4, 0.5) is 0 Å². The van der Waals surface area contributed by atoms with Crippen LogP contribution in [-0.2, 0) is 0 Å². The Morgan fingerprint density at radius 3 is 1.40 bits per heavy atom. The Morgan fingerprint density at radius 2 is 1.40 bits per heavy atom. The fourth-order valence-electron chi connectivity index (χ4n) is 0. The van der Waals surface area contributed by atoms with Crippen LogP contribution in [0.25, 0.3) is 0 Å². The molecule has 1 nitrogen and oxygen atoms in total. The molecule has 0 radical (unpaired) electrons. The van der Waals surface area contributed by atoms with Crippen molar-refractivity contribution in [1.29, 1.82) is 0 Å². The van der Waals surface area contributed by atoms with E-state index in [1.165, 1.54) is 0 Å². The molecule has 0 bridgehead atoms. The zero-order chi connectivity index (χ0) is 3.58. The molecule has 0 heterocycles. The average molecular weight is 100 g/mol. The Labute approximate surface area is 75.2 Å². The summed E-state index contributed by atoms with van der Waals surface area (Å²) in [6, 6.07) is 0. The summed E-state index contributed by atoms with van der Waals surface area (Å²) >= 11 is 0. The van der Waals surface area contributed by atoms with Gasteiger partial charge in [-0.15, -0.1) is 0 Å². The van der Waals surface area contributed by atoms with Gasteiger partial charge in [0.2, 0.25) is 0 Å². The van der Waals surface area contributed by atoms with E-state index in [0.29, 0.717) is 0 Å². The van der Waals surface area contributed by atoms with Crippen molar-refractivity contribution in [2.45, 2.75) is 20.0 Å². The number of hydrogen-bond donors (Lipinski definition) is 1. The van der Waals surface area contributed by atoms with Gasteiger partial charge in [-0.1, -0.05) is 0 Å². The Kier molecular flexibility index (Phi) is 10.9. The maximum absolute atomic E-state index is 8.06. The minimum atomic E-state index is -0.167. The normalized spacial score (nSPS) is 7.20. The molecule has 2 heteroatoms. The fourth-order valence-corrected chi connectivity index (χ4v) is 0. The van der Waals surface area contributed by atoms with Gasteiger partial charge in [0.25, 0.3) is 0 Å². The van der Waals surface area contributed by atoms with E-state index in [4.69, 9.17) is 5.11 Å². The third-order valence-electron chi connectivity index (χ3n) is 0. The van der Waals surface area contributed by atoms with E-state index in [1.54, 1.807) is 13.8 Å². The van der Waals surface area contributed by atoms with Crippen molar-refractivity contribution in [3.8, 4) is 0 Å². The van der Waals surface area contributed by atoms with Crippen LogP contribution in [0.15, 0.2) is 0 Å². The van der Waals surface area contributed by atoms with Gasteiger partial charge in [0.1, 0.15) is 0 Å². The molecule has 28 valence electrons. The molecule has 0 spiro atoms. The second-order valence-electron chi connectivity index (χ2n) is 1.09. The van der Waals surface area contributed by atoms with E-state index in [0.717, 1.165) is 0 Å². The van der Waals surface area contributed by atoms with Gasteiger partial charge in [0.05, 0.1) is 0 Å². The van der Waals surface area contributed by atoms with E-state index < -0.39 is 0 Å². The van der Waals surface area contributed by atoms with Crippen LogP contribution < -0.4 is 0 Å². The van der Waals surface area contributed by atoms with Crippen LogP contribution in [0.2, 0.25) is 0 Å². The molecule has 0 fully saturated rings. The zero-order valence-electron chi connectivity index (χ0n) is 3.02. The summed E-state index contributed by atoms with van der Waals surface area (Å²) in [7, 11) is 0. The SMILES string of the molecule is CC(C)O.[KH]. The molecule has 5 heavy (non-hydrogen) atoms. The third kappa shape index (κ3) is 28.4. The van der Waals surface area contributed by atoms with Crippen LogP contribution >= 0.6 is 0 Å². The molecular weight excluding hydrogens is 91.1 g/mol. The molecule has 0 unspecified atom stereocenters. The van der Waals surface area contributed by atoms with Gasteiger partial charge in [-0.2, -0.15) is 0 Å². The van der Waals surface area contributed by atoms with Crippen molar-refractivity contribution in [1.82, 2.24) is 0 Å². The van der Waals surface area contributed by atoms with E-state index in [1.807, 2.05) is 0 Å². The van der Waals surface area contributed by atoms with E-state index in [9.17, 15) is 0 Å². The Balaban J connectivity index is 0. The summed E-state index contributed by atoms with van der Waals surface area (Å²) in [5.74, 6) is 0. The molecule has 0 amide bonds. The first-order valence-electron chi connectivity index (χ1n) is 1.41. The summed E-state index contributed by atoms with van der Waals surface area (Å²) in [6.45, 7) is 3.44. The molecule has 0 aromatic carbocycles. The molecule has 0 aromatic rings. The minimum absolute atomic E-state index is 0. The molecule has 0 saturated carbocycles. The van der Waals surface area contributed by atoms with Crippen molar-refractivity contribution >= 4 is 51.4 Å². The number of rotatable bonds is 0. The first-order chi connectivity index (χ1) is 1.73. The second kappa shape index (κ2) is 5.60. The summed E-state index contributed by atoms with van der Waals surface area (Å²) in [5.41, 5.74) is 0. The monoisotopic (exact) mass is 100 g/mol. The van der Waals surface area contributed by atoms with Crippen LogP contribution in [-0.4, -0.2) is 62.6 Å². The summed E-state index contributed by atoms with van der Waals surface area (Å²) < 4.78 is 0. The molecule has 1 N–H and O–H groups in total. The van der Waals surface area contributed by atoms with Gasteiger partial charge in [-0.05, 0) is 13.8 Å². The van der Waals surface area contributed by atoms with Gasteiger partial charge in [0.15, 0.2) is 0 Å². The van der Waals surface area contributed by atoms with Crippen LogP contribution in [0.5, 0.6) is 0 Å². The summed E-state index contributed by atoms with van der Waals surface area (Å²) in [4.78, 5) is 0. The van der Waals surface area contributed by atoms with Gasteiger partial charge >= 0.3 is 51.4 Å². The van der Waals surface area contributed by atoms with E-state index in [2.05, 4.69) is 0 Å². The first-order valence-corrected chi connectivity index (χ1v) is 1.41. The zero-order valence-corrected chi connectivity index (χ0v) is 3.02. The molecule has 0 aromatic heterocycles. The Bertz CT molecular complexity index is 11.6. The summed E-state index contributed by atoms with van der Waals surface area (Å²) in [6.07, 6.45) is -0.167. The van der Waals surface area contributed by atoms with E-state index in [-0.39, 0.29) is 57.5 Å². The molecule has 0 saturated heterocycles. The number of aliphatic hydroxyl groups is 1. The molecule has 0 aliphatic carbocycles.